The zero-order valence-corrected chi connectivity index (χ0v) is 18.6. The van der Waals surface area contributed by atoms with Gasteiger partial charge in [0.25, 0.3) is 0 Å². The van der Waals surface area contributed by atoms with E-state index in [2.05, 4.69) is 20.3 Å². The van der Waals surface area contributed by atoms with E-state index in [1.54, 1.807) is 53.2 Å². The molecule has 10 nitrogen and oxygen atoms in total. The summed E-state index contributed by atoms with van der Waals surface area (Å²) in [5.41, 5.74) is 2.49. The van der Waals surface area contributed by atoms with Crippen LogP contribution in [0.3, 0.4) is 0 Å². The van der Waals surface area contributed by atoms with Crippen LogP contribution in [0.5, 0.6) is 5.75 Å². The number of pyridine rings is 1. The number of carbonyl (C=O) groups excluding carboxylic acids is 2. The van der Waals surface area contributed by atoms with Gasteiger partial charge in [-0.3, -0.25) is 14.2 Å². The van der Waals surface area contributed by atoms with Gasteiger partial charge in [0.15, 0.2) is 0 Å². The van der Waals surface area contributed by atoms with Crippen LogP contribution < -0.4 is 15.7 Å². The van der Waals surface area contributed by atoms with Crippen molar-refractivity contribution in [3.63, 3.8) is 0 Å². The van der Waals surface area contributed by atoms with E-state index >= 15 is 0 Å². The molecule has 1 saturated heterocycles. The number of aromatic nitrogens is 4. The topological polar surface area (TPSA) is 125 Å². The minimum absolute atomic E-state index is 0.182. The number of aromatic amines is 2. The summed E-state index contributed by atoms with van der Waals surface area (Å²) in [5, 5.41) is 3.57. The number of piperidine rings is 1. The number of imidazole rings is 1. The second kappa shape index (κ2) is 8.89. The van der Waals surface area contributed by atoms with Crippen molar-refractivity contribution in [1.82, 2.24) is 24.4 Å². The van der Waals surface area contributed by atoms with Gasteiger partial charge in [0.05, 0.1) is 30.4 Å². The van der Waals surface area contributed by atoms with Gasteiger partial charge in [0.2, 0.25) is 11.8 Å². The Kier molecular flexibility index (Phi) is 5.62. The van der Waals surface area contributed by atoms with Gasteiger partial charge < -0.3 is 24.9 Å². The monoisotopic (exact) mass is 460 g/mol. The van der Waals surface area contributed by atoms with Crippen LogP contribution in [-0.4, -0.2) is 56.4 Å². The molecule has 3 N–H and O–H groups in total. The lowest BCUT2D eigenvalue weighted by atomic mass is 10.0. The van der Waals surface area contributed by atoms with E-state index < -0.39 is 5.91 Å². The van der Waals surface area contributed by atoms with Gasteiger partial charge in [-0.2, -0.15) is 0 Å². The van der Waals surface area contributed by atoms with E-state index in [0.717, 1.165) is 23.7 Å². The van der Waals surface area contributed by atoms with Crippen LogP contribution in [0.4, 0.5) is 5.69 Å². The number of H-pyrrole nitrogens is 2. The predicted molar refractivity (Wildman–Crippen MR) is 128 cm³/mol. The molecular weight excluding hydrogens is 436 g/mol. The molecule has 1 aliphatic heterocycles. The summed E-state index contributed by atoms with van der Waals surface area (Å²) < 4.78 is 6.88. The van der Waals surface area contributed by atoms with Crippen molar-refractivity contribution in [3.05, 3.63) is 65.4 Å². The zero-order valence-electron chi connectivity index (χ0n) is 18.6. The lowest BCUT2D eigenvalue weighted by molar-refractivity contribution is -0.127. The second-order valence-electron chi connectivity index (χ2n) is 8.20. The fourth-order valence-electron chi connectivity index (χ4n) is 4.47. The molecule has 0 bridgehead atoms. The third kappa shape index (κ3) is 4.05. The molecule has 5 rings (SSSR count). The molecule has 3 aromatic heterocycles. The standard InChI is InChI=1S/C24H24N6O4/c1-34-17-6-2-4-15(12-17)27-20(31)7-8-21(32)29-11-3-5-16(14-29)30-22-18-9-10-25-23(18)26-13-19(22)28-24(30)33/h2,4,6-10,12-13,16H,3,5,11,14H2,1H3,(H,25,26)(H,27,31)(H,28,33)/t16-/m1/s1. The molecule has 4 aromatic rings. The van der Waals surface area contributed by atoms with E-state index in [1.165, 1.54) is 12.2 Å². The molecule has 0 unspecified atom stereocenters. The number of nitrogens with zero attached hydrogens (tertiary/aromatic N) is 3. The highest BCUT2D eigenvalue weighted by Gasteiger charge is 2.27. The molecule has 1 atom stereocenters. The molecule has 174 valence electrons. The number of amides is 2. The highest BCUT2D eigenvalue weighted by atomic mass is 16.5. The summed E-state index contributed by atoms with van der Waals surface area (Å²) in [6, 6.07) is 8.68. The van der Waals surface area contributed by atoms with E-state index in [4.69, 9.17) is 4.74 Å². The van der Waals surface area contributed by atoms with E-state index in [-0.39, 0.29) is 17.6 Å². The van der Waals surface area contributed by atoms with Gasteiger partial charge in [-0.1, -0.05) is 6.07 Å². The first-order valence-electron chi connectivity index (χ1n) is 11.0. The average molecular weight is 460 g/mol. The van der Waals surface area contributed by atoms with Gasteiger partial charge in [0.1, 0.15) is 11.4 Å². The van der Waals surface area contributed by atoms with Crippen LogP contribution in [0.1, 0.15) is 18.9 Å². The number of carbonyl (C=O) groups is 2. The van der Waals surface area contributed by atoms with Crippen LogP contribution in [0.25, 0.3) is 22.1 Å². The number of likely N-dealkylation sites (tertiary alicyclic amines) is 1. The normalized spacial score (nSPS) is 16.4. The number of benzene rings is 1. The van der Waals surface area contributed by atoms with Gasteiger partial charge in [0, 0.05) is 48.6 Å². The summed E-state index contributed by atoms with van der Waals surface area (Å²) in [4.78, 5) is 49.8. The van der Waals surface area contributed by atoms with Gasteiger partial charge in [-0.25, -0.2) is 9.78 Å². The lowest BCUT2D eigenvalue weighted by Crippen LogP contribution is -2.41. The average Bonchev–Trinajstić information content (AvgIpc) is 3.46. The zero-order chi connectivity index (χ0) is 23.7. The van der Waals surface area contributed by atoms with Crippen molar-refractivity contribution in [1.29, 1.82) is 0 Å². The van der Waals surface area contributed by atoms with Crippen molar-refractivity contribution in [2.75, 3.05) is 25.5 Å². The molecule has 0 radical (unpaired) electrons. The summed E-state index contributed by atoms with van der Waals surface area (Å²) >= 11 is 0. The largest absolute Gasteiger partial charge is 0.497 e. The van der Waals surface area contributed by atoms with Crippen LogP contribution in [0.2, 0.25) is 0 Å². The van der Waals surface area contributed by atoms with Crippen molar-refractivity contribution in [3.8, 4) is 5.75 Å². The minimum Gasteiger partial charge on any atom is -0.497 e. The number of hydrogen-bond donors (Lipinski definition) is 3. The Balaban J connectivity index is 1.31. The highest BCUT2D eigenvalue weighted by molar-refractivity contribution is 6.03. The van der Waals surface area contributed by atoms with Crippen molar-refractivity contribution >= 4 is 39.6 Å². The van der Waals surface area contributed by atoms with Crippen molar-refractivity contribution < 1.29 is 14.3 Å². The molecule has 0 spiro atoms. The Labute approximate surface area is 194 Å². The van der Waals surface area contributed by atoms with Crippen LogP contribution in [-0.2, 0) is 9.59 Å². The maximum absolute atomic E-state index is 12.8. The van der Waals surface area contributed by atoms with Crippen LogP contribution in [0.15, 0.2) is 59.7 Å². The molecule has 10 heteroatoms. The Morgan fingerprint density at radius 3 is 3.00 bits per heavy atom. The molecule has 34 heavy (non-hydrogen) atoms. The second-order valence-corrected chi connectivity index (χ2v) is 8.20. The number of rotatable bonds is 5. The van der Waals surface area contributed by atoms with Gasteiger partial charge in [-0.15, -0.1) is 0 Å². The first kappa shape index (κ1) is 21.5. The molecule has 2 amide bonds. The fourth-order valence-corrected chi connectivity index (χ4v) is 4.47. The molecule has 1 fully saturated rings. The SMILES string of the molecule is COc1cccc(NC(=O)C=CC(=O)N2CCC[C@@H](n3c(=O)[nH]c4cnc5[nH]ccc5c43)C2)c1. The van der Waals surface area contributed by atoms with Crippen LogP contribution in [0, 0.1) is 0 Å². The van der Waals surface area contributed by atoms with Gasteiger partial charge >= 0.3 is 5.69 Å². The quantitative estimate of drug-likeness (QED) is 0.395. The Hall–Kier alpha value is -4.34. The maximum Gasteiger partial charge on any atom is 0.326 e. The molecule has 1 aliphatic rings. The van der Waals surface area contributed by atoms with E-state index in [9.17, 15) is 14.4 Å². The van der Waals surface area contributed by atoms with E-state index in [0.29, 0.717) is 35.7 Å². The Bertz CT molecular complexity index is 1460. The highest BCUT2D eigenvalue weighted by Crippen LogP contribution is 2.28. The van der Waals surface area contributed by atoms with Gasteiger partial charge in [-0.05, 0) is 31.0 Å². The smallest absolute Gasteiger partial charge is 0.326 e. The number of hydrogen-bond acceptors (Lipinski definition) is 5. The molecule has 1 aromatic carbocycles. The van der Waals surface area contributed by atoms with E-state index in [1.807, 2.05) is 6.07 Å². The summed E-state index contributed by atoms with van der Waals surface area (Å²) in [5.74, 6) is -0.0605. The number of anilines is 1. The van der Waals surface area contributed by atoms with Crippen molar-refractivity contribution in [2.45, 2.75) is 18.9 Å². The molecule has 0 aliphatic carbocycles. The number of nitrogens with one attached hydrogen (secondary N) is 3. The summed E-state index contributed by atoms with van der Waals surface area (Å²) in [6.45, 7) is 0.942. The molecule has 4 heterocycles. The summed E-state index contributed by atoms with van der Waals surface area (Å²) in [7, 11) is 1.55. The van der Waals surface area contributed by atoms with Crippen LogP contribution >= 0.6 is 0 Å². The number of ether oxygens (including phenoxy) is 1. The number of fused-ring (bicyclic) bond motifs is 3. The third-order valence-corrected chi connectivity index (χ3v) is 6.05. The third-order valence-electron chi connectivity index (χ3n) is 6.05. The first-order chi connectivity index (χ1) is 16.5. The Morgan fingerprint density at radius 2 is 2.15 bits per heavy atom. The molecular formula is C24H24N6O4. The lowest BCUT2D eigenvalue weighted by Gasteiger charge is -2.32. The first-order valence-corrected chi connectivity index (χ1v) is 11.0. The summed E-state index contributed by atoms with van der Waals surface area (Å²) in [6.07, 6.45) is 7.44. The maximum atomic E-state index is 12.8. The minimum atomic E-state index is -0.412. The fraction of sp³-hybridized carbons (Fsp3) is 0.250. The predicted octanol–water partition coefficient (Wildman–Crippen LogP) is 2.57. The Morgan fingerprint density at radius 1 is 1.26 bits per heavy atom. The number of methoxy groups -OCH3 is 1. The molecule has 0 saturated carbocycles. The van der Waals surface area contributed by atoms with Crippen molar-refractivity contribution in [2.24, 2.45) is 0 Å².